The third kappa shape index (κ3) is 4.70. The van der Waals surface area contributed by atoms with Crippen molar-refractivity contribution in [2.24, 2.45) is 0 Å². The van der Waals surface area contributed by atoms with Crippen molar-refractivity contribution < 1.29 is 21.9 Å². The van der Waals surface area contributed by atoms with Crippen LogP contribution in [0.4, 0.5) is 8.78 Å². The summed E-state index contributed by atoms with van der Waals surface area (Å²) < 4.78 is 57.7. The quantitative estimate of drug-likeness (QED) is 0.876. The molecule has 2 rings (SSSR count). The first-order valence-corrected chi connectivity index (χ1v) is 8.32. The number of benzene rings is 1. The Morgan fingerprint density at radius 3 is 2.48 bits per heavy atom. The summed E-state index contributed by atoms with van der Waals surface area (Å²) in [7, 11) is -3.94. The molecule has 124 valence electrons. The van der Waals surface area contributed by atoms with Gasteiger partial charge in [-0.3, -0.25) is 0 Å². The summed E-state index contributed by atoms with van der Waals surface area (Å²) in [6, 6.07) is 5.69. The molecule has 5 nitrogen and oxygen atoms in total. The topological polar surface area (TPSA) is 68.3 Å². The maximum Gasteiger partial charge on any atom is 0.240 e. The fraction of sp³-hybridized carbons (Fsp3) is 0.267. The first-order chi connectivity index (χ1) is 10.8. The van der Waals surface area contributed by atoms with Gasteiger partial charge < -0.3 is 4.74 Å². The highest BCUT2D eigenvalue weighted by atomic mass is 32.2. The molecule has 0 saturated carbocycles. The van der Waals surface area contributed by atoms with Gasteiger partial charge in [-0.05, 0) is 37.6 Å². The van der Waals surface area contributed by atoms with Gasteiger partial charge in [0.2, 0.25) is 15.9 Å². The minimum absolute atomic E-state index is 0.0137. The van der Waals surface area contributed by atoms with Crippen LogP contribution < -0.4 is 9.46 Å². The molecular formula is C15H16F2N2O3S. The Kier molecular flexibility index (Phi) is 5.27. The zero-order valence-electron chi connectivity index (χ0n) is 12.6. The van der Waals surface area contributed by atoms with Gasteiger partial charge in [-0.2, -0.15) is 0 Å². The minimum Gasteiger partial charge on any atom is -0.475 e. The predicted molar refractivity (Wildman–Crippen MR) is 80.4 cm³/mol. The van der Waals surface area contributed by atoms with Crippen LogP contribution in [0.25, 0.3) is 0 Å². The van der Waals surface area contributed by atoms with E-state index < -0.39 is 21.7 Å². The van der Waals surface area contributed by atoms with Crippen molar-refractivity contribution >= 4 is 10.0 Å². The fourth-order valence-electron chi connectivity index (χ4n) is 1.73. The first kappa shape index (κ1) is 17.3. The SMILES string of the molecule is CC(C)Oc1ccc(CNS(=O)(=O)c2ccc(F)c(F)c2)cn1. The second kappa shape index (κ2) is 7.01. The van der Waals surface area contributed by atoms with Crippen molar-refractivity contribution in [1.29, 1.82) is 0 Å². The summed E-state index contributed by atoms with van der Waals surface area (Å²) in [4.78, 5) is 3.71. The maximum atomic E-state index is 13.1. The highest BCUT2D eigenvalue weighted by molar-refractivity contribution is 7.89. The van der Waals surface area contributed by atoms with Gasteiger partial charge >= 0.3 is 0 Å². The molecule has 1 aromatic carbocycles. The summed E-state index contributed by atoms with van der Waals surface area (Å²) in [5.41, 5.74) is 0.604. The van der Waals surface area contributed by atoms with Gasteiger partial charge in [-0.15, -0.1) is 0 Å². The van der Waals surface area contributed by atoms with Gasteiger partial charge in [0.1, 0.15) is 0 Å². The Hall–Kier alpha value is -2.06. The van der Waals surface area contributed by atoms with E-state index in [0.29, 0.717) is 17.5 Å². The van der Waals surface area contributed by atoms with Crippen LogP contribution in [0.15, 0.2) is 41.4 Å². The molecule has 0 bridgehead atoms. The number of nitrogens with one attached hydrogen (secondary N) is 1. The number of hydrogen-bond acceptors (Lipinski definition) is 4. The Bertz CT molecular complexity index is 778. The molecule has 2 aromatic rings. The van der Waals surface area contributed by atoms with Gasteiger partial charge in [0.05, 0.1) is 11.0 Å². The Morgan fingerprint density at radius 2 is 1.91 bits per heavy atom. The summed E-state index contributed by atoms with van der Waals surface area (Å²) in [5.74, 6) is -1.88. The van der Waals surface area contributed by atoms with Crippen LogP contribution in [-0.4, -0.2) is 19.5 Å². The Morgan fingerprint density at radius 1 is 1.17 bits per heavy atom. The number of sulfonamides is 1. The maximum absolute atomic E-state index is 13.1. The van der Waals surface area contributed by atoms with Crippen molar-refractivity contribution in [3.63, 3.8) is 0 Å². The molecule has 1 aromatic heterocycles. The van der Waals surface area contributed by atoms with Gasteiger partial charge in [-0.1, -0.05) is 6.07 Å². The standard InChI is InChI=1S/C15H16F2N2O3S/c1-10(2)22-15-6-3-11(8-18-15)9-19-23(20,21)12-4-5-13(16)14(17)7-12/h3-8,10,19H,9H2,1-2H3. The smallest absolute Gasteiger partial charge is 0.240 e. The number of aromatic nitrogens is 1. The van der Waals surface area contributed by atoms with Crippen molar-refractivity contribution in [3.8, 4) is 5.88 Å². The van der Waals surface area contributed by atoms with E-state index in [9.17, 15) is 17.2 Å². The number of nitrogens with zero attached hydrogens (tertiary/aromatic N) is 1. The molecule has 0 aliphatic heterocycles. The monoisotopic (exact) mass is 342 g/mol. The first-order valence-electron chi connectivity index (χ1n) is 6.84. The zero-order chi connectivity index (χ0) is 17.0. The Balaban J connectivity index is 2.05. The van der Waals surface area contributed by atoms with E-state index in [0.717, 1.165) is 12.1 Å². The molecule has 0 aliphatic carbocycles. The molecule has 1 N–H and O–H groups in total. The van der Waals surface area contributed by atoms with Gasteiger partial charge in [0.25, 0.3) is 0 Å². The average molecular weight is 342 g/mol. The van der Waals surface area contributed by atoms with Crippen LogP contribution in [-0.2, 0) is 16.6 Å². The average Bonchev–Trinajstić information content (AvgIpc) is 2.49. The third-order valence-corrected chi connectivity index (χ3v) is 4.22. The van der Waals surface area contributed by atoms with Crippen molar-refractivity contribution in [2.75, 3.05) is 0 Å². The third-order valence-electron chi connectivity index (χ3n) is 2.82. The summed E-state index contributed by atoms with van der Waals surface area (Å²) >= 11 is 0. The Labute approximate surface area is 133 Å². The van der Waals surface area contributed by atoms with Crippen LogP contribution in [0.2, 0.25) is 0 Å². The lowest BCUT2D eigenvalue weighted by atomic mass is 10.3. The predicted octanol–water partition coefficient (Wildman–Crippen LogP) is 2.63. The highest BCUT2D eigenvalue weighted by Crippen LogP contribution is 2.15. The number of pyridine rings is 1. The minimum atomic E-state index is -3.94. The number of halogens is 2. The molecule has 23 heavy (non-hydrogen) atoms. The van der Waals surface area contributed by atoms with Crippen LogP contribution in [0.3, 0.4) is 0 Å². The molecule has 0 amide bonds. The van der Waals surface area contributed by atoms with Gasteiger partial charge in [0.15, 0.2) is 11.6 Å². The number of hydrogen-bond donors (Lipinski definition) is 1. The van der Waals surface area contributed by atoms with E-state index in [4.69, 9.17) is 4.74 Å². The molecule has 0 aliphatic rings. The number of ether oxygens (including phenoxy) is 1. The molecule has 0 fully saturated rings. The molecule has 0 saturated heterocycles. The summed E-state index contributed by atoms with van der Waals surface area (Å²) in [6.45, 7) is 3.70. The fourth-order valence-corrected chi connectivity index (χ4v) is 2.76. The van der Waals surface area contributed by atoms with E-state index in [1.165, 1.54) is 6.20 Å². The lowest BCUT2D eigenvalue weighted by Crippen LogP contribution is -2.23. The van der Waals surface area contributed by atoms with Crippen LogP contribution in [0.1, 0.15) is 19.4 Å². The van der Waals surface area contributed by atoms with E-state index >= 15 is 0 Å². The molecule has 0 radical (unpaired) electrons. The normalized spacial score (nSPS) is 11.7. The summed E-state index contributed by atoms with van der Waals surface area (Å²) in [5, 5.41) is 0. The van der Waals surface area contributed by atoms with Crippen LogP contribution in [0, 0.1) is 11.6 Å². The molecule has 0 unspecified atom stereocenters. The van der Waals surface area contributed by atoms with E-state index in [2.05, 4.69) is 9.71 Å². The van der Waals surface area contributed by atoms with Crippen molar-refractivity contribution in [1.82, 2.24) is 9.71 Å². The van der Waals surface area contributed by atoms with Crippen molar-refractivity contribution in [3.05, 3.63) is 53.7 Å². The highest BCUT2D eigenvalue weighted by Gasteiger charge is 2.16. The number of rotatable bonds is 6. The van der Waals surface area contributed by atoms with E-state index in [-0.39, 0.29) is 17.5 Å². The van der Waals surface area contributed by atoms with Crippen LogP contribution in [0.5, 0.6) is 5.88 Å². The molecule has 0 spiro atoms. The van der Waals surface area contributed by atoms with Crippen LogP contribution >= 0.6 is 0 Å². The van der Waals surface area contributed by atoms with Gasteiger partial charge in [-0.25, -0.2) is 26.9 Å². The zero-order valence-corrected chi connectivity index (χ0v) is 13.4. The van der Waals surface area contributed by atoms with E-state index in [1.54, 1.807) is 12.1 Å². The second-order valence-corrected chi connectivity index (χ2v) is 6.84. The summed E-state index contributed by atoms with van der Waals surface area (Å²) in [6.07, 6.45) is 1.46. The van der Waals surface area contributed by atoms with Crippen molar-refractivity contribution in [2.45, 2.75) is 31.4 Å². The largest absolute Gasteiger partial charge is 0.475 e. The second-order valence-electron chi connectivity index (χ2n) is 5.07. The molecule has 1 heterocycles. The van der Waals surface area contributed by atoms with Gasteiger partial charge in [0, 0.05) is 18.8 Å². The molecule has 8 heteroatoms. The molecular weight excluding hydrogens is 326 g/mol. The van der Waals surface area contributed by atoms with E-state index in [1.807, 2.05) is 13.8 Å². The molecule has 0 atom stereocenters. The lowest BCUT2D eigenvalue weighted by Gasteiger charge is -2.10. The lowest BCUT2D eigenvalue weighted by molar-refractivity contribution is 0.232.